The summed E-state index contributed by atoms with van der Waals surface area (Å²) in [6, 6.07) is 18.2. The first-order chi connectivity index (χ1) is 8.78. The molecule has 90 valence electrons. The van der Waals surface area contributed by atoms with Gasteiger partial charge in [0.25, 0.3) is 0 Å². The number of fused-ring (bicyclic) bond motifs is 1. The smallest absolute Gasteiger partial charge is 0.150 e. The summed E-state index contributed by atoms with van der Waals surface area (Å²) in [6.07, 6.45) is 1.82. The van der Waals surface area contributed by atoms with E-state index >= 15 is 0 Å². The third-order valence-corrected chi connectivity index (χ3v) is 3.88. The van der Waals surface area contributed by atoms with Crippen LogP contribution in [0, 0.1) is 0 Å². The van der Waals surface area contributed by atoms with Crippen LogP contribution in [0.15, 0.2) is 54.6 Å². The normalized spacial score (nSPS) is 21.7. The van der Waals surface area contributed by atoms with Crippen LogP contribution in [0.1, 0.15) is 11.1 Å². The third-order valence-electron chi connectivity index (χ3n) is 3.88. The van der Waals surface area contributed by atoms with Gasteiger partial charge in [0.2, 0.25) is 0 Å². The minimum absolute atomic E-state index is 0.551. The van der Waals surface area contributed by atoms with Gasteiger partial charge in [-0.25, -0.2) is 0 Å². The number of carbonyl (C=O) groups is 1. The van der Waals surface area contributed by atoms with E-state index in [9.17, 15) is 4.79 Å². The van der Waals surface area contributed by atoms with Crippen LogP contribution in [0.4, 0.5) is 5.69 Å². The monoisotopic (exact) mass is 237 g/mol. The molecule has 1 unspecified atom stereocenters. The zero-order valence-electron chi connectivity index (χ0n) is 10.3. The maximum absolute atomic E-state index is 11.8. The van der Waals surface area contributed by atoms with Gasteiger partial charge in [-0.2, -0.15) is 0 Å². The lowest BCUT2D eigenvalue weighted by molar-refractivity contribution is -0.112. The molecule has 18 heavy (non-hydrogen) atoms. The fraction of sp³-hybridized carbons (Fsp3) is 0.188. The first-order valence-electron chi connectivity index (χ1n) is 6.11. The van der Waals surface area contributed by atoms with Gasteiger partial charge in [0, 0.05) is 19.2 Å². The van der Waals surface area contributed by atoms with E-state index in [0.29, 0.717) is 0 Å². The first-order valence-corrected chi connectivity index (χ1v) is 6.11. The van der Waals surface area contributed by atoms with E-state index in [1.54, 1.807) is 0 Å². The van der Waals surface area contributed by atoms with Crippen molar-refractivity contribution in [3.05, 3.63) is 65.7 Å². The van der Waals surface area contributed by atoms with Gasteiger partial charge in [-0.3, -0.25) is 0 Å². The standard InChI is InChI=1S/C16H15NO/c1-17-15-10-6-5-7-13(15)11-16(17,12-18)14-8-3-2-4-9-14/h2-10,12H,11H2,1H3. The van der Waals surface area contributed by atoms with Gasteiger partial charge in [0.05, 0.1) is 0 Å². The molecule has 3 rings (SSSR count). The van der Waals surface area contributed by atoms with Crippen molar-refractivity contribution in [1.29, 1.82) is 0 Å². The summed E-state index contributed by atoms with van der Waals surface area (Å²) >= 11 is 0. The Balaban J connectivity index is 2.15. The van der Waals surface area contributed by atoms with Crippen LogP contribution in [-0.2, 0) is 16.8 Å². The number of nitrogens with zero attached hydrogens (tertiary/aromatic N) is 1. The van der Waals surface area contributed by atoms with E-state index in [0.717, 1.165) is 24.0 Å². The van der Waals surface area contributed by atoms with E-state index in [1.165, 1.54) is 5.56 Å². The van der Waals surface area contributed by atoms with Crippen LogP contribution >= 0.6 is 0 Å². The largest absolute Gasteiger partial charge is 0.358 e. The Morgan fingerprint density at radius 1 is 1.06 bits per heavy atom. The second-order valence-electron chi connectivity index (χ2n) is 4.77. The zero-order chi connectivity index (χ0) is 12.6. The molecule has 2 heteroatoms. The van der Waals surface area contributed by atoms with Gasteiger partial charge >= 0.3 is 0 Å². The lowest BCUT2D eigenvalue weighted by atomic mass is 9.87. The number of para-hydroxylation sites is 1. The number of benzene rings is 2. The summed E-state index contributed by atoms with van der Waals surface area (Å²) in [6.45, 7) is 0. The minimum atomic E-state index is -0.551. The molecule has 1 heterocycles. The van der Waals surface area contributed by atoms with Gasteiger partial charge in [0.15, 0.2) is 0 Å². The number of hydrogen-bond acceptors (Lipinski definition) is 2. The summed E-state index contributed by atoms with van der Waals surface area (Å²) in [4.78, 5) is 13.9. The van der Waals surface area contributed by atoms with E-state index in [1.807, 2.05) is 49.5 Å². The first kappa shape index (κ1) is 11.0. The van der Waals surface area contributed by atoms with Crippen molar-refractivity contribution in [1.82, 2.24) is 0 Å². The van der Waals surface area contributed by atoms with Crippen LogP contribution < -0.4 is 4.90 Å². The van der Waals surface area contributed by atoms with E-state index in [4.69, 9.17) is 0 Å². The molecule has 2 aromatic rings. The van der Waals surface area contributed by atoms with Crippen molar-refractivity contribution < 1.29 is 4.79 Å². The molecule has 0 spiro atoms. The summed E-state index contributed by atoms with van der Waals surface area (Å²) in [7, 11) is 1.99. The number of rotatable bonds is 2. The molecule has 2 aromatic carbocycles. The second kappa shape index (κ2) is 3.98. The maximum atomic E-state index is 11.8. The van der Waals surface area contributed by atoms with E-state index in [-0.39, 0.29) is 0 Å². The van der Waals surface area contributed by atoms with Crippen LogP contribution in [0.5, 0.6) is 0 Å². The number of carbonyl (C=O) groups excluding carboxylic acids is 1. The number of aldehydes is 1. The van der Waals surface area contributed by atoms with Crippen molar-refractivity contribution in [2.75, 3.05) is 11.9 Å². The quantitative estimate of drug-likeness (QED) is 0.749. The van der Waals surface area contributed by atoms with Crippen molar-refractivity contribution in [2.24, 2.45) is 0 Å². The van der Waals surface area contributed by atoms with Crippen molar-refractivity contribution in [3.8, 4) is 0 Å². The molecule has 0 aromatic heterocycles. The predicted octanol–water partition coefficient (Wildman–Crippen LogP) is 2.77. The topological polar surface area (TPSA) is 20.3 Å². The summed E-state index contributed by atoms with van der Waals surface area (Å²) in [5.74, 6) is 0. The molecule has 1 aliphatic rings. The molecule has 1 aliphatic heterocycles. The van der Waals surface area contributed by atoms with Gasteiger partial charge in [-0.1, -0.05) is 48.5 Å². The molecule has 1 atom stereocenters. The zero-order valence-corrected chi connectivity index (χ0v) is 10.3. The van der Waals surface area contributed by atoms with Gasteiger partial charge in [-0.05, 0) is 17.2 Å². The van der Waals surface area contributed by atoms with Crippen LogP contribution in [0.25, 0.3) is 0 Å². The Bertz CT molecular complexity index is 579. The molecule has 0 saturated carbocycles. The lowest BCUT2D eigenvalue weighted by Gasteiger charge is -2.33. The minimum Gasteiger partial charge on any atom is -0.358 e. The van der Waals surface area contributed by atoms with Crippen molar-refractivity contribution in [2.45, 2.75) is 12.0 Å². The highest BCUT2D eigenvalue weighted by Gasteiger charge is 2.42. The Morgan fingerprint density at radius 3 is 2.39 bits per heavy atom. The third kappa shape index (κ3) is 1.39. The van der Waals surface area contributed by atoms with Gasteiger partial charge < -0.3 is 9.69 Å². The van der Waals surface area contributed by atoms with Gasteiger partial charge in [0.1, 0.15) is 11.8 Å². The molecule has 0 N–H and O–H groups in total. The van der Waals surface area contributed by atoms with Crippen molar-refractivity contribution in [3.63, 3.8) is 0 Å². The Labute approximate surface area is 107 Å². The summed E-state index contributed by atoms with van der Waals surface area (Å²) in [5, 5.41) is 0. The molecular weight excluding hydrogens is 222 g/mol. The number of hydrogen-bond donors (Lipinski definition) is 0. The highest BCUT2D eigenvalue weighted by Crippen LogP contribution is 2.42. The van der Waals surface area contributed by atoms with E-state index < -0.39 is 5.54 Å². The van der Waals surface area contributed by atoms with Gasteiger partial charge in [-0.15, -0.1) is 0 Å². The fourth-order valence-electron chi connectivity index (χ4n) is 2.82. The lowest BCUT2D eigenvalue weighted by Crippen LogP contribution is -2.43. The Kier molecular flexibility index (Phi) is 2.44. The molecule has 0 saturated heterocycles. The Hall–Kier alpha value is -2.09. The van der Waals surface area contributed by atoms with Crippen molar-refractivity contribution >= 4 is 12.0 Å². The van der Waals surface area contributed by atoms with Crippen LogP contribution in [0.3, 0.4) is 0 Å². The highest BCUT2D eigenvalue weighted by atomic mass is 16.1. The maximum Gasteiger partial charge on any atom is 0.150 e. The molecule has 0 fully saturated rings. The highest BCUT2D eigenvalue weighted by molar-refractivity contribution is 5.80. The van der Waals surface area contributed by atoms with E-state index in [2.05, 4.69) is 17.0 Å². The fourth-order valence-corrected chi connectivity index (χ4v) is 2.82. The average Bonchev–Trinajstić information content (AvgIpc) is 2.74. The molecule has 0 amide bonds. The predicted molar refractivity (Wildman–Crippen MR) is 72.7 cm³/mol. The summed E-state index contributed by atoms with van der Waals surface area (Å²) in [5.41, 5.74) is 2.88. The second-order valence-corrected chi connectivity index (χ2v) is 4.77. The summed E-state index contributed by atoms with van der Waals surface area (Å²) < 4.78 is 0. The number of anilines is 1. The molecule has 2 nitrogen and oxygen atoms in total. The molecule has 0 aliphatic carbocycles. The molecular formula is C16H15NO. The molecule has 0 bridgehead atoms. The van der Waals surface area contributed by atoms with Crippen LogP contribution in [-0.4, -0.2) is 13.3 Å². The SMILES string of the molecule is CN1c2ccccc2CC1(C=O)c1ccccc1. The van der Waals surface area contributed by atoms with Crippen LogP contribution in [0.2, 0.25) is 0 Å². The average molecular weight is 237 g/mol. The molecule has 0 radical (unpaired) electrons. The Morgan fingerprint density at radius 2 is 1.72 bits per heavy atom. The number of likely N-dealkylation sites (N-methyl/N-ethyl adjacent to an activating group) is 1.